The summed E-state index contributed by atoms with van der Waals surface area (Å²) in [6.07, 6.45) is 2.65. The minimum atomic E-state index is -0.143. The maximum atomic E-state index is 11.1. The van der Waals surface area contributed by atoms with E-state index in [-0.39, 0.29) is 5.41 Å². The lowest BCUT2D eigenvalue weighted by atomic mass is 9.90. The SMILES string of the molecule is CC(C)(C)c1nn(Cc2cccc(Cl)c2)cc1C=O. The van der Waals surface area contributed by atoms with Crippen LogP contribution in [0.4, 0.5) is 0 Å². The first-order chi connectivity index (χ1) is 8.90. The van der Waals surface area contributed by atoms with Gasteiger partial charge >= 0.3 is 0 Å². The summed E-state index contributed by atoms with van der Waals surface area (Å²) in [5, 5.41) is 5.22. The van der Waals surface area contributed by atoms with Crippen molar-refractivity contribution in [1.29, 1.82) is 0 Å². The third-order valence-electron chi connectivity index (χ3n) is 2.86. The van der Waals surface area contributed by atoms with Crippen LogP contribution in [0.25, 0.3) is 0 Å². The second-order valence-electron chi connectivity index (χ2n) is 5.63. The van der Waals surface area contributed by atoms with Gasteiger partial charge in [0, 0.05) is 16.6 Å². The van der Waals surface area contributed by atoms with Crippen molar-refractivity contribution in [1.82, 2.24) is 9.78 Å². The van der Waals surface area contributed by atoms with Crippen molar-refractivity contribution in [3.8, 4) is 0 Å². The molecule has 2 rings (SSSR count). The Labute approximate surface area is 118 Å². The lowest BCUT2D eigenvalue weighted by molar-refractivity contribution is 0.112. The van der Waals surface area contributed by atoms with E-state index in [4.69, 9.17) is 11.6 Å². The smallest absolute Gasteiger partial charge is 0.153 e. The van der Waals surface area contributed by atoms with Crippen LogP contribution >= 0.6 is 11.6 Å². The molecular weight excluding hydrogens is 260 g/mol. The van der Waals surface area contributed by atoms with Crippen molar-refractivity contribution in [3.05, 3.63) is 52.3 Å². The van der Waals surface area contributed by atoms with E-state index in [1.54, 1.807) is 10.9 Å². The first-order valence-electron chi connectivity index (χ1n) is 6.17. The number of carbonyl (C=O) groups excluding carboxylic acids is 1. The van der Waals surface area contributed by atoms with Crippen LogP contribution < -0.4 is 0 Å². The Balaban J connectivity index is 2.32. The summed E-state index contributed by atoms with van der Waals surface area (Å²) in [7, 11) is 0. The summed E-state index contributed by atoms with van der Waals surface area (Å²) >= 11 is 5.96. The minimum Gasteiger partial charge on any atom is -0.298 e. The number of rotatable bonds is 3. The van der Waals surface area contributed by atoms with Crippen molar-refractivity contribution in [2.24, 2.45) is 0 Å². The van der Waals surface area contributed by atoms with E-state index in [1.165, 1.54) is 0 Å². The van der Waals surface area contributed by atoms with Gasteiger partial charge < -0.3 is 0 Å². The number of nitrogens with zero attached hydrogens (tertiary/aromatic N) is 2. The molecule has 0 aliphatic carbocycles. The topological polar surface area (TPSA) is 34.9 Å². The van der Waals surface area contributed by atoms with E-state index in [0.717, 1.165) is 17.5 Å². The zero-order valence-electron chi connectivity index (χ0n) is 11.4. The Morgan fingerprint density at radius 1 is 1.37 bits per heavy atom. The van der Waals surface area contributed by atoms with Gasteiger partial charge in [0.25, 0.3) is 0 Å². The second-order valence-corrected chi connectivity index (χ2v) is 6.06. The fourth-order valence-corrected chi connectivity index (χ4v) is 2.22. The molecule has 19 heavy (non-hydrogen) atoms. The average molecular weight is 277 g/mol. The van der Waals surface area contributed by atoms with E-state index in [1.807, 2.05) is 45.0 Å². The highest BCUT2D eigenvalue weighted by atomic mass is 35.5. The molecule has 0 aliphatic heterocycles. The lowest BCUT2D eigenvalue weighted by Crippen LogP contribution is -2.15. The Kier molecular flexibility index (Phi) is 3.76. The number of hydrogen-bond donors (Lipinski definition) is 0. The highest BCUT2D eigenvalue weighted by molar-refractivity contribution is 6.30. The Hall–Kier alpha value is -1.61. The molecule has 0 amide bonds. The molecule has 1 aromatic heterocycles. The monoisotopic (exact) mass is 276 g/mol. The lowest BCUT2D eigenvalue weighted by Gasteiger charge is -2.15. The van der Waals surface area contributed by atoms with Crippen molar-refractivity contribution in [3.63, 3.8) is 0 Å². The standard InChI is InChI=1S/C15H17ClN2O/c1-15(2,3)14-12(10-19)9-18(17-14)8-11-5-4-6-13(16)7-11/h4-7,9-10H,8H2,1-3H3. The molecule has 0 aliphatic rings. The van der Waals surface area contributed by atoms with Crippen molar-refractivity contribution in [2.45, 2.75) is 32.7 Å². The van der Waals surface area contributed by atoms with Crippen molar-refractivity contribution in [2.75, 3.05) is 0 Å². The van der Waals surface area contributed by atoms with Gasteiger partial charge in [-0.25, -0.2) is 0 Å². The van der Waals surface area contributed by atoms with E-state index < -0.39 is 0 Å². The molecule has 100 valence electrons. The van der Waals surface area contributed by atoms with Crippen LogP contribution in [0.3, 0.4) is 0 Å². The summed E-state index contributed by atoms with van der Waals surface area (Å²) in [5.74, 6) is 0. The maximum absolute atomic E-state index is 11.1. The fourth-order valence-electron chi connectivity index (χ4n) is 2.01. The first-order valence-corrected chi connectivity index (χ1v) is 6.55. The van der Waals surface area contributed by atoms with Crippen LogP contribution in [0.15, 0.2) is 30.5 Å². The summed E-state index contributed by atoms with van der Waals surface area (Å²) in [6.45, 7) is 6.75. The van der Waals surface area contributed by atoms with Crippen LogP contribution in [0, 0.1) is 0 Å². The average Bonchev–Trinajstić information content (AvgIpc) is 2.72. The van der Waals surface area contributed by atoms with Gasteiger partial charge in [-0.3, -0.25) is 9.48 Å². The molecule has 0 bridgehead atoms. The van der Waals surface area contributed by atoms with Gasteiger partial charge in [-0.2, -0.15) is 5.10 Å². The summed E-state index contributed by atoms with van der Waals surface area (Å²) < 4.78 is 1.79. The van der Waals surface area contributed by atoms with Gasteiger partial charge in [0.05, 0.1) is 17.8 Å². The molecule has 0 fully saturated rings. The van der Waals surface area contributed by atoms with Crippen LogP contribution in [0.5, 0.6) is 0 Å². The quantitative estimate of drug-likeness (QED) is 0.801. The maximum Gasteiger partial charge on any atom is 0.153 e. The normalized spacial score (nSPS) is 11.6. The molecule has 0 unspecified atom stereocenters. The van der Waals surface area contributed by atoms with Gasteiger partial charge in [-0.1, -0.05) is 44.5 Å². The molecule has 0 saturated heterocycles. The second kappa shape index (κ2) is 5.17. The number of benzene rings is 1. The highest BCUT2D eigenvalue weighted by Gasteiger charge is 2.22. The summed E-state index contributed by atoms with van der Waals surface area (Å²) in [5.41, 5.74) is 2.39. The highest BCUT2D eigenvalue weighted by Crippen LogP contribution is 2.23. The molecule has 1 heterocycles. The molecule has 3 nitrogen and oxygen atoms in total. The summed E-state index contributed by atoms with van der Waals surface area (Å²) in [6, 6.07) is 7.64. The van der Waals surface area contributed by atoms with Crippen LogP contribution in [-0.2, 0) is 12.0 Å². The predicted octanol–water partition coefficient (Wildman–Crippen LogP) is 3.69. The first kappa shape index (κ1) is 13.8. The summed E-state index contributed by atoms with van der Waals surface area (Å²) in [4.78, 5) is 11.1. The van der Waals surface area contributed by atoms with Crippen molar-refractivity contribution >= 4 is 17.9 Å². The molecule has 0 atom stereocenters. The van der Waals surface area contributed by atoms with Crippen molar-refractivity contribution < 1.29 is 4.79 Å². The molecule has 0 spiro atoms. The van der Waals surface area contributed by atoms with Crippen LogP contribution in [0.1, 0.15) is 42.4 Å². The van der Waals surface area contributed by atoms with Crippen LogP contribution in [0.2, 0.25) is 5.02 Å². The van der Waals surface area contributed by atoms with E-state index in [0.29, 0.717) is 17.1 Å². The number of halogens is 1. The molecule has 4 heteroatoms. The molecule has 2 aromatic rings. The molecule has 0 radical (unpaired) electrons. The van der Waals surface area contributed by atoms with Gasteiger partial charge in [0.15, 0.2) is 6.29 Å². The number of aldehydes is 1. The largest absolute Gasteiger partial charge is 0.298 e. The van der Waals surface area contributed by atoms with Gasteiger partial charge in [-0.15, -0.1) is 0 Å². The fraction of sp³-hybridized carbons (Fsp3) is 0.333. The third kappa shape index (κ3) is 3.24. The molecule has 1 aromatic carbocycles. The van der Waals surface area contributed by atoms with Crippen LogP contribution in [-0.4, -0.2) is 16.1 Å². The number of aromatic nitrogens is 2. The van der Waals surface area contributed by atoms with Gasteiger partial charge in [0.2, 0.25) is 0 Å². The minimum absolute atomic E-state index is 0.143. The number of hydrogen-bond acceptors (Lipinski definition) is 2. The molecule has 0 N–H and O–H groups in total. The Bertz CT molecular complexity index is 596. The molecular formula is C15H17ClN2O. The zero-order valence-corrected chi connectivity index (χ0v) is 12.1. The van der Waals surface area contributed by atoms with Gasteiger partial charge in [0.1, 0.15) is 0 Å². The van der Waals surface area contributed by atoms with E-state index in [2.05, 4.69) is 5.10 Å². The third-order valence-corrected chi connectivity index (χ3v) is 3.10. The van der Waals surface area contributed by atoms with E-state index in [9.17, 15) is 4.79 Å². The Morgan fingerprint density at radius 2 is 2.11 bits per heavy atom. The Morgan fingerprint density at radius 3 is 2.63 bits per heavy atom. The zero-order chi connectivity index (χ0) is 14.0. The van der Waals surface area contributed by atoms with E-state index >= 15 is 0 Å². The molecule has 0 saturated carbocycles. The number of carbonyl (C=O) groups is 1. The predicted molar refractivity (Wildman–Crippen MR) is 76.9 cm³/mol. The van der Waals surface area contributed by atoms with Gasteiger partial charge in [-0.05, 0) is 17.7 Å².